The second kappa shape index (κ2) is 6.68. The molecule has 1 aliphatic carbocycles. The average Bonchev–Trinajstić information content (AvgIpc) is 3.22. The zero-order valence-electron chi connectivity index (χ0n) is 13.3. The Morgan fingerprint density at radius 3 is 2.70 bits per heavy atom. The molecular formula is C17H23N3O3. The smallest absolute Gasteiger partial charge is 0.253 e. The van der Waals surface area contributed by atoms with Crippen LogP contribution in [0, 0.1) is 6.92 Å². The number of ether oxygens (including phenoxy) is 1. The van der Waals surface area contributed by atoms with Crippen LogP contribution in [-0.2, 0) is 9.53 Å². The fourth-order valence-electron chi connectivity index (χ4n) is 2.68. The molecule has 1 aromatic carbocycles. The zero-order valence-corrected chi connectivity index (χ0v) is 13.3. The highest BCUT2D eigenvalue weighted by Gasteiger charge is 2.30. The predicted molar refractivity (Wildman–Crippen MR) is 87.2 cm³/mol. The Hall–Kier alpha value is -1.92. The van der Waals surface area contributed by atoms with Crippen LogP contribution in [0.4, 0.5) is 5.69 Å². The summed E-state index contributed by atoms with van der Waals surface area (Å²) in [5.41, 5.74) is 7.69. The van der Waals surface area contributed by atoms with Gasteiger partial charge in [0.05, 0.1) is 6.10 Å². The van der Waals surface area contributed by atoms with Crippen molar-refractivity contribution in [1.29, 1.82) is 0 Å². The fourth-order valence-corrected chi connectivity index (χ4v) is 2.68. The molecule has 1 saturated carbocycles. The van der Waals surface area contributed by atoms with Crippen LogP contribution in [0.3, 0.4) is 0 Å². The SMILES string of the molecule is Cc1ccc(C(=O)NC2CC2)cc1NC(=O)[C@@H]1CC[C@H](CN)O1. The van der Waals surface area contributed by atoms with Crippen LogP contribution in [0.1, 0.15) is 41.6 Å². The van der Waals surface area contributed by atoms with Gasteiger partial charge in [0.25, 0.3) is 11.8 Å². The number of anilines is 1. The van der Waals surface area contributed by atoms with Gasteiger partial charge in [0.2, 0.25) is 0 Å². The Morgan fingerprint density at radius 2 is 2.04 bits per heavy atom. The van der Waals surface area contributed by atoms with E-state index in [0.29, 0.717) is 30.3 Å². The molecule has 4 N–H and O–H groups in total. The summed E-state index contributed by atoms with van der Waals surface area (Å²) in [4.78, 5) is 24.4. The lowest BCUT2D eigenvalue weighted by molar-refractivity contribution is -0.126. The number of carbonyl (C=O) groups excluding carboxylic acids is 2. The number of nitrogens with one attached hydrogen (secondary N) is 2. The lowest BCUT2D eigenvalue weighted by Crippen LogP contribution is -2.30. The molecule has 1 aromatic rings. The van der Waals surface area contributed by atoms with Gasteiger partial charge in [0.15, 0.2) is 0 Å². The maximum Gasteiger partial charge on any atom is 0.253 e. The highest BCUT2D eigenvalue weighted by atomic mass is 16.5. The van der Waals surface area contributed by atoms with E-state index in [2.05, 4.69) is 10.6 Å². The van der Waals surface area contributed by atoms with E-state index in [4.69, 9.17) is 10.5 Å². The quantitative estimate of drug-likeness (QED) is 0.764. The third-order valence-corrected chi connectivity index (χ3v) is 4.33. The number of carbonyl (C=O) groups is 2. The van der Waals surface area contributed by atoms with E-state index < -0.39 is 6.10 Å². The molecule has 0 aromatic heterocycles. The molecule has 2 atom stereocenters. The highest BCUT2D eigenvalue weighted by molar-refractivity contribution is 5.99. The molecule has 6 nitrogen and oxygen atoms in total. The van der Waals surface area contributed by atoms with Gasteiger partial charge in [0, 0.05) is 23.8 Å². The number of benzene rings is 1. The number of rotatable bonds is 5. The average molecular weight is 317 g/mol. The third-order valence-electron chi connectivity index (χ3n) is 4.33. The lowest BCUT2D eigenvalue weighted by Gasteiger charge is -2.15. The fraction of sp³-hybridized carbons (Fsp3) is 0.529. The largest absolute Gasteiger partial charge is 0.364 e. The van der Waals surface area contributed by atoms with Crippen LogP contribution < -0.4 is 16.4 Å². The van der Waals surface area contributed by atoms with E-state index in [1.54, 1.807) is 12.1 Å². The van der Waals surface area contributed by atoms with Gasteiger partial charge in [-0.15, -0.1) is 0 Å². The first-order chi connectivity index (χ1) is 11.1. The van der Waals surface area contributed by atoms with Gasteiger partial charge in [-0.1, -0.05) is 6.07 Å². The molecule has 3 rings (SSSR count). The minimum atomic E-state index is -0.466. The molecule has 0 unspecified atom stereocenters. The van der Waals surface area contributed by atoms with Gasteiger partial charge in [0.1, 0.15) is 6.10 Å². The molecule has 1 heterocycles. The van der Waals surface area contributed by atoms with Gasteiger partial charge >= 0.3 is 0 Å². The maximum absolute atomic E-state index is 12.3. The minimum absolute atomic E-state index is 0.0394. The van der Waals surface area contributed by atoms with E-state index >= 15 is 0 Å². The summed E-state index contributed by atoms with van der Waals surface area (Å²) in [6, 6.07) is 5.65. The van der Waals surface area contributed by atoms with E-state index in [-0.39, 0.29) is 17.9 Å². The molecular weight excluding hydrogens is 294 g/mol. The van der Waals surface area contributed by atoms with E-state index in [1.807, 2.05) is 13.0 Å². The van der Waals surface area contributed by atoms with Crippen molar-refractivity contribution >= 4 is 17.5 Å². The summed E-state index contributed by atoms with van der Waals surface area (Å²) in [5.74, 6) is -0.271. The molecule has 0 radical (unpaired) electrons. The summed E-state index contributed by atoms with van der Waals surface area (Å²) in [6.07, 6.45) is 3.06. The van der Waals surface area contributed by atoms with E-state index in [0.717, 1.165) is 24.8 Å². The lowest BCUT2D eigenvalue weighted by atomic mass is 10.1. The van der Waals surface area contributed by atoms with E-state index in [9.17, 15) is 9.59 Å². The molecule has 0 bridgehead atoms. The molecule has 124 valence electrons. The second-order valence-corrected chi connectivity index (χ2v) is 6.33. The summed E-state index contributed by atoms with van der Waals surface area (Å²) >= 11 is 0. The molecule has 2 fully saturated rings. The van der Waals surface area contributed by atoms with Crippen LogP contribution in [0.15, 0.2) is 18.2 Å². The molecule has 23 heavy (non-hydrogen) atoms. The molecule has 2 amide bonds. The first-order valence-corrected chi connectivity index (χ1v) is 8.14. The third kappa shape index (κ3) is 3.89. The predicted octanol–water partition coefficient (Wildman–Crippen LogP) is 1.33. The van der Waals surface area contributed by atoms with Crippen molar-refractivity contribution in [3.8, 4) is 0 Å². The van der Waals surface area contributed by atoms with Crippen molar-refractivity contribution in [3.63, 3.8) is 0 Å². The van der Waals surface area contributed by atoms with Gasteiger partial charge in [-0.25, -0.2) is 0 Å². The monoisotopic (exact) mass is 317 g/mol. The van der Waals surface area contributed by atoms with Crippen molar-refractivity contribution in [2.75, 3.05) is 11.9 Å². The standard InChI is InChI=1S/C17H23N3O3/c1-10-2-3-11(16(21)19-12-4-5-12)8-14(10)20-17(22)15-7-6-13(9-18)23-15/h2-3,8,12-13,15H,4-7,9,18H2,1H3,(H,19,21)(H,20,22)/t13-,15+/m1/s1. The molecule has 1 saturated heterocycles. The van der Waals surface area contributed by atoms with Crippen molar-refractivity contribution in [3.05, 3.63) is 29.3 Å². The van der Waals surface area contributed by atoms with Crippen molar-refractivity contribution in [2.24, 2.45) is 5.73 Å². The van der Waals surface area contributed by atoms with E-state index in [1.165, 1.54) is 0 Å². The van der Waals surface area contributed by atoms with Gasteiger partial charge < -0.3 is 21.1 Å². The first kappa shape index (κ1) is 16.0. The first-order valence-electron chi connectivity index (χ1n) is 8.14. The number of aryl methyl sites for hydroxylation is 1. The van der Waals surface area contributed by atoms with Crippen LogP contribution in [-0.4, -0.2) is 36.6 Å². The Kier molecular flexibility index (Phi) is 4.63. The summed E-state index contributed by atoms with van der Waals surface area (Å²) in [7, 11) is 0. The second-order valence-electron chi connectivity index (χ2n) is 6.33. The van der Waals surface area contributed by atoms with Crippen LogP contribution >= 0.6 is 0 Å². The molecule has 0 spiro atoms. The summed E-state index contributed by atoms with van der Waals surface area (Å²) in [6.45, 7) is 2.33. The molecule has 2 aliphatic rings. The van der Waals surface area contributed by atoms with Crippen molar-refractivity contribution < 1.29 is 14.3 Å². The Balaban J connectivity index is 1.66. The Morgan fingerprint density at radius 1 is 1.26 bits per heavy atom. The minimum Gasteiger partial charge on any atom is -0.364 e. The zero-order chi connectivity index (χ0) is 16.4. The molecule has 1 aliphatic heterocycles. The topological polar surface area (TPSA) is 93.5 Å². The number of hydrogen-bond donors (Lipinski definition) is 3. The molecule has 6 heteroatoms. The van der Waals surface area contributed by atoms with Gasteiger partial charge in [-0.2, -0.15) is 0 Å². The van der Waals surface area contributed by atoms with Crippen LogP contribution in [0.5, 0.6) is 0 Å². The highest BCUT2D eigenvalue weighted by Crippen LogP contribution is 2.23. The number of nitrogens with two attached hydrogens (primary N) is 1. The summed E-state index contributed by atoms with van der Waals surface area (Å²) < 4.78 is 5.61. The van der Waals surface area contributed by atoms with Crippen molar-refractivity contribution in [1.82, 2.24) is 5.32 Å². The normalized spacial score (nSPS) is 23.6. The summed E-state index contributed by atoms with van der Waals surface area (Å²) in [5, 5.41) is 5.82. The number of hydrogen-bond acceptors (Lipinski definition) is 4. The van der Waals surface area contributed by atoms with Crippen LogP contribution in [0.2, 0.25) is 0 Å². The van der Waals surface area contributed by atoms with Crippen molar-refractivity contribution in [2.45, 2.75) is 50.9 Å². The Bertz CT molecular complexity index is 613. The Labute approximate surface area is 135 Å². The maximum atomic E-state index is 12.3. The number of amides is 2. The van der Waals surface area contributed by atoms with Gasteiger partial charge in [-0.05, 0) is 50.3 Å². The van der Waals surface area contributed by atoms with Crippen LogP contribution in [0.25, 0.3) is 0 Å². The van der Waals surface area contributed by atoms with Gasteiger partial charge in [-0.3, -0.25) is 9.59 Å².